The molecule has 0 amide bonds. The molecule has 6 nitrogen and oxygen atoms in total. The second-order valence-corrected chi connectivity index (χ2v) is 11.1. The Morgan fingerprint density at radius 1 is 1.28 bits per heavy atom. The fourth-order valence-electron chi connectivity index (χ4n) is 3.99. The number of carbonyl (C=O) groups is 1. The Morgan fingerprint density at radius 3 is 2.62 bits per heavy atom. The summed E-state index contributed by atoms with van der Waals surface area (Å²) in [6, 6.07) is 13.6. The first-order valence-corrected chi connectivity index (χ1v) is 13.5. The first-order valence-electron chi connectivity index (χ1n) is 10.7. The van der Waals surface area contributed by atoms with Gasteiger partial charge in [0.25, 0.3) is 0 Å². The molecule has 1 heterocycles. The molecule has 3 rings (SSSR count). The molecule has 0 saturated carbocycles. The molecule has 0 aliphatic carbocycles. The zero-order valence-electron chi connectivity index (χ0n) is 18.6. The van der Waals surface area contributed by atoms with Gasteiger partial charge in [-0.05, 0) is 43.7 Å². The van der Waals surface area contributed by atoms with Crippen molar-refractivity contribution in [2.45, 2.75) is 48.2 Å². The highest BCUT2D eigenvalue weighted by Gasteiger charge is 2.39. The molecule has 2 unspecified atom stereocenters. The molecule has 3 N–H and O–H groups in total. The summed E-state index contributed by atoms with van der Waals surface area (Å²) in [5.74, 6) is -0.611. The number of carboxylic acids is 1. The van der Waals surface area contributed by atoms with Crippen LogP contribution in [0.25, 0.3) is 0 Å². The van der Waals surface area contributed by atoms with E-state index in [2.05, 4.69) is 11.8 Å². The number of thioether (sulfide) groups is 1. The predicted octanol–water partition coefficient (Wildman–Crippen LogP) is 6.84. The number of rotatable bonds is 8. The molecule has 0 fully saturated rings. The van der Waals surface area contributed by atoms with Gasteiger partial charge in [-0.15, -0.1) is 11.8 Å². The summed E-state index contributed by atoms with van der Waals surface area (Å²) in [5.41, 5.74) is 1.74. The highest BCUT2D eigenvalue weighted by Crippen LogP contribution is 2.62. The average molecular weight is 478 g/mol. The second-order valence-electron chi connectivity index (χ2n) is 7.88. The van der Waals surface area contributed by atoms with Crippen LogP contribution in [0.4, 0.5) is 11.4 Å². The first-order chi connectivity index (χ1) is 15.3. The van der Waals surface area contributed by atoms with E-state index in [1.165, 1.54) is 11.8 Å². The summed E-state index contributed by atoms with van der Waals surface area (Å²) < 4.78 is 28.5. The van der Waals surface area contributed by atoms with Gasteiger partial charge in [-0.1, -0.05) is 38.0 Å². The van der Waals surface area contributed by atoms with Crippen molar-refractivity contribution in [2.75, 3.05) is 17.7 Å². The summed E-state index contributed by atoms with van der Waals surface area (Å²) in [4.78, 5) is 14.2. The van der Waals surface area contributed by atoms with Crippen molar-refractivity contribution in [3.63, 3.8) is 0 Å². The molecule has 1 aliphatic heterocycles. The van der Waals surface area contributed by atoms with Crippen molar-refractivity contribution >= 4 is 39.7 Å². The van der Waals surface area contributed by atoms with Gasteiger partial charge in [-0.25, -0.2) is 4.79 Å². The number of fused-ring (bicyclic) bond motifs is 1. The van der Waals surface area contributed by atoms with Crippen molar-refractivity contribution in [2.24, 2.45) is 5.92 Å². The second kappa shape index (κ2) is 10.7. The fourth-order valence-corrected chi connectivity index (χ4v) is 6.45. The number of unbranched alkanes of at least 4 members (excludes halogenated alkanes) is 1. The van der Waals surface area contributed by atoms with Crippen LogP contribution in [0.2, 0.25) is 0 Å². The van der Waals surface area contributed by atoms with Gasteiger partial charge in [0.1, 0.15) is 5.75 Å². The lowest BCUT2D eigenvalue weighted by molar-refractivity contribution is -0.131. The molecule has 0 bridgehead atoms. The van der Waals surface area contributed by atoms with E-state index in [0.29, 0.717) is 17.2 Å². The zero-order valence-corrected chi connectivity index (χ0v) is 20.2. The van der Waals surface area contributed by atoms with Gasteiger partial charge in [0, 0.05) is 18.3 Å². The molecule has 174 valence electrons. The SMILES string of the molecule is CCCCC1CN(c2ccccc2)c2cc(SC)c(O/C=C/C(=O)O)cc2S(O)(O)C1C. The van der Waals surface area contributed by atoms with Gasteiger partial charge < -0.3 is 14.7 Å². The van der Waals surface area contributed by atoms with Crippen LogP contribution in [-0.2, 0) is 4.79 Å². The molecule has 2 aromatic rings. The van der Waals surface area contributed by atoms with Crippen LogP contribution in [0, 0.1) is 5.92 Å². The van der Waals surface area contributed by atoms with E-state index in [1.54, 1.807) is 6.07 Å². The number of hydrogen-bond acceptors (Lipinski definition) is 6. The third-order valence-electron chi connectivity index (χ3n) is 5.86. The standard InChI is InChI=1S/C24H31NO5S2/c1-4-5-9-18-16-25(19-10-7-6-8-11-19)20-14-22(31-3)21(30-13-12-24(26)27)15-23(20)32(28,29)17(18)2/h6-8,10-15,17-18,28-29H,4-5,9,16H2,1-3H3,(H,26,27)/b13-12+. The summed E-state index contributed by atoms with van der Waals surface area (Å²) in [7, 11) is -3.14. The van der Waals surface area contributed by atoms with Gasteiger partial charge in [-0.3, -0.25) is 9.11 Å². The third kappa shape index (κ3) is 5.26. The number of nitrogens with zero attached hydrogens (tertiary/aromatic N) is 1. The molecule has 1 aliphatic rings. The smallest absolute Gasteiger partial charge is 0.331 e. The maximum absolute atomic E-state index is 11.4. The first kappa shape index (κ1) is 24.5. The monoisotopic (exact) mass is 477 g/mol. The van der Waals surface area contributed by atoms with Gasteiger partial charge in [0.15, 0.2) is 0 Å². The highest BCUT2D eigenvalue weighted by atomic mass is 32.3. The van der Waals surface area contributed by atoms with Crippen molar-refractivity contribution in [1.29, 1.82) is 0 Å². The molecule has 8 heteroatoms. The summed E-state index contributed by atoms with van der Waals surface area (Å²) in [5, 5.41) is 8.54. The van der Waals surface area contributed by atoms with Crippen LogP contribution in [-0.4, -0.2) is 38.2 Å². The van der Waals surface area contributed by atoms with E-state index in [9.17, 15) is 13.9 Å². The summed E-state index contributed by atoms with van der Waals surface area (Å²) >= 11 is 1.46. The molecular formula is C24H31NO5S2. The Balaban J connectivity index is 2.17. The number of para-hydroxylation sites is 1. The highest BCUT2D eigenvalue weighted by molar-refractivity contribution is 8.25. The van der Waals surface area contributed by atoms with E-state index in [-0.39, 0.29) is 11.2 Å². The topological polar surface area (TPSA) is 90.2 Å². The minimum Gasteiger partial charge on any atom is -0.478 e. The Bertz CT molecular complexity index is 964. The molecule has 32 heavy (non-hydrogen) atoms. The maximum Gasteiger partial charge on any atom is 0.331 e. The maximum atomic E-state index is 11.4. The predicted molar refractivity (Wildman–Crippen MR) is 133 cm³/mol. The lowest BCUT2D eigenvalue weighted by Crippen LogP contribution is -2.30. The largest absolute Gasteiger partial charge is 0.478 e. The quantitative estimate of drug-likeness (QED) is 0.218. The summed E-state index contributed by atoms with van der Waals surface area (Å²) in [6.07, 6.45) is 6.90. The zero-order chi connectivity index (χ0) is 23.3. The van der Waals surface area contributed by atoms with Crippen LogP contribution >= 0.6 is 22.4 Å². The van der Waals surface area contributed by atoms with Crippen LogP contribution in [0.5, 0.6) is 5.75 Å². The number of anilines is 2. The number of hydrogen-bond donors (Lipinski definition) is 3. The average Bonchev–Trinajstić information content (AvgIpc) is 2.86. The van der Waals surface area contributed by atoms with Gasteiger partial charge in [0.2, 0.25) is 0 Å². The number of aliphatic carboxylic acids is 1. The van der Waals surface area contributed by atoms with Crippen molar-refractivity contribution in [1.82, 2.24) is 0 Å². The Kier molecular flexibility index (Phi) is 8.16. The van der Waals surface area contributed by atoms with Crippen LogP contribution in [0.1, 0.15) is 33.1 Å². The minimum absolute atomic E-state index is 0.0987. The van der Waals surface area contributed by atoms with Crippen molar-refractivity contribution in [3.05, 3.63) is 54.8 Å². The number of ether oxygens (including phenoxy) is 1. The number of carboxylic acid groups (broad SMARTS) is 1. The van der Waals surface area contributed by atoms with Crippen LogP contribution in [0.15, 0.2) is 64.6 Å². The van der Waals surface area contributed by atoms with Crippen LogP contribution in [0.3, 0.4) is 0 Å². The van der Waals surface area contributed by atoms with Gasteiger partial charge in [-0.2, -0.15) is 10.6 Å². The van der Waals surface area contributed by atoms with Gasteiger partial charge in [0.05, 0.1) is 33.1 Å². The normalized spacial score (nSPS) is 21.1. The van der Waals surface area contributed by atoms with Gasteiger partial charge >= 0.3 is 5.97 Å². The lowest BCUT2D eigenvalue weighted by Gasteiger charge is -2.40. The third-order valence-corrected chi connectivity index (χ3v) is 9.02. The molecule has 2 atom stereocenters. The van der Waals surface area contributed by atoms with E-state index >= 15 is 0 Å². The molecule has 2 aromatic carbocycles. The van der Waals surface area contributed by atoms with Crippen molar-refractivity contribution < 1.29 is 23.7 Å². The Hall–Kier alpha value is -2.13. The fraction of sp³-hybridized carbons (Fsp3) is 0.375. The Morgan fingerprint density at radius 2 is 2.00 bits per heavy atom. The molecule has 0 aromatic heterocycles. The minimum atomic E-state index is -3.14. The molecule has 0 spiro atoms. The lowest BCUT2D eigenvalue weighted by atomic mass is 9.97. The van der Waals surface area contributed by atoms with E-state index in [4.69, 9.17) is 9.84 Å². The van der Waals surface area contributed by atoms with E-state index < -0.39 is 16.6 Å². The van der Waals surface area contributed by atoms with Crippen LogP contribution < -0.4 is 9.64 Å². The van der Waals surface area contributed by atoms with Crippen molar-refractivity contribution in [3.8, 4) is 5.75 Å². The number of benzene rings is 2. The Labute approximate surface area is 195 Å². The molecule has 0 saturated heterocycles. The van der Waals surface area contributed by atoms with E-state index in [0.717, 1.165) is 47.9 Å². The molecular weight excluding hydrogens is 446 g/mol. The van der Waals surface area contributed by atoms with E-state index in [1.807, 2.05) is 49.6 Å². The molecule has 0 radical (unpaired) electrons. The summed E-state index contributed by atoms with van der Waals surface area (Å²) in [6.45, 7) is 4.74.